The number of hydrogen-bond acceptors (Lipinski definition) is 5. The van der Waals surface area contributed by atoms with E-state index in [2.05, 4.69) is 20.8 Å². The van der Waals surface area contributed by atoms with E-state index in [1.807, 2.05) is 24.3 Å². The van der Waals surface area contributed by atoms with Crippen LogP contribution >= 0.6 is 0 Å². The molecule has 7 heteroatoms. The number of benzene rings is 1. The molecule has 0 radical (unpaired) electrons. The number of carboxylic acid groups (broad SMARTS) is 1. The highest BCUT2D eigenvalue weighted by atomic mass is 16.6. The van der Waals surface area contributed by atoms with Crippen LogP contribution in [0.5, 0.6) is 5.75 Å². The fraction of sp³-hybridized carbons (Fsp3) is 0.667. The number of rotatable bonds is 16. The van der Waals surface area contributed by atoms with Gasteiger partial charge in [-0.25, -0.2) is 9.59 Å². The Kier molecular flexibility index (Phi) is 13.4. The Hall–Kier alpha value is -2.28. The highest BCUT2D eigenvalue weighted by Gasteiger charge is 2.19. The Morgan fingerprint density at radius 2 is 1.71 bits per heavy atom. The molecular formula is C24H39NO6. The molecule has 0 spiro atoms. The highest BCUT2D eigenvalue weighted by molar-refractivity contribution is 5.72. The van der Waals surface area contributed by atoms with E-state index in [4.69, 9.17) is 14.2 Å². The first-order valence-corrected chi connectivity index (χ1v) is 11.4. The average molecular weight is 438 g/mol. The zero-order chi connectivity index (χ0) is 23.1. The standard InChI is InChI=1S/C24H39NO6/c1-5-9-15-31-24(28)25(18-19(6-2)7-3)14-16-30-21-12-10-20(11-13-21)17-22(23(26)27)29-8-4/h10-13,19,22H,5-9,14-18H2,1-4H3,(H,26,27). The number of amides is 1. The number of unbranched alkanes of at least 4 members (excludes halogenated alkanes) is 1. The minimum atomic E-state index is -0.967. The molecule has 0 heterocycles. The molecule has 1 unspecified atom stereocenters. The predicted molar refractivity (Wildman–Crippen MR) is 121 cm³/mol. The summed E-state index contributed by atoms with van der Waals surface area (Å²) in [5.41, 5.74) is 0.864. The fourth-order valence-electron chi connectivity index (χ4n) is 3.14. The molecule has 1 rings (SSSR count). The molecule has 1 amide bonds. The molecule has 0 aromatic heterocycles. The molecule has 31 heavy (non-hydrogen) atoms. The van der Waals surface area contributed by atoms with Crippen molar-refractivity contribution in [2.75, 3.05) is 32.9 Å². The van der Waals surface area contributed by atoms with E-state index in [0.717, 1.165) is 31.2 Å². The van der Waals surface area contributed by atoms with Crippen LogP contribution in [0.1, 0.15) is 58.9 Å². The van der Waals surface area contributed by atoms with Crippen LogP contribution in [0.4, 0.5) is 4.79 Å². The topological polar surface area (TPSA) is 85.3 Å². The largest absolute Gasteiger partial charge is 0.492 e. The van der Waals surface area contributed by atoms with Gasteiger partial charge in [-0.15, -0.1) is 0 Å². The van der Waals surface area contributed by atoms with Crippen molar-refractivity contribution in [3.8, 4) is 5.75 Å². The van der Waals surface area contributed by atoms with Crippen LogP contribution in [0, 0.1) is 5.92 Å². The van der Waals surface area contributed by atoms with Crippen molar-refractivity contribution in [1.82, 2.24) is 4.90 Å². The SMILES string of the molecule is CCCCOC(=O)N(CCOc1ccc(CC(OCC)C(=O)O)cc1)CC(CC)CC. The quantitative estimate of drug-likeness (QED) is 0.375. The van der Waals surface area contributed by atoms with Crippen molar-refractivity contribution in [2.24, 2.45) is 5.92 Å². The Morgan fingerprint density at radius 3 is 2.26 bits per heavy atom. The molecule has 1 aromatic rings. The smallest absolute Gasteiger partial charge is 0.409 e. The Balaban J connectivity index is 2.60. The Bertz CT molecular complexity index is 629. The maximum Gasteiger partial charge on any atom is 0.409 e. The minimum Gasteiger partial charge on any atom is -0.492 e. The molecule has 0 bridgehead atoms. The van der Waals surface area contributed by atoms with Crippen molar-refractivity contribution in [3.05, 3.63) is 29.8 Å². The first-order valence-electron chi connectivity index (χ1n) is 11.4. The highest BCUT2D eigenvalue weighted by Crippen LogP contribution is 2.16. The molecule has 0 aliphatic rings. The summed E-state index contributed by atoms with van der Waals surface area (Å²) < 4.78 is 16.5. The molecule has 0 saturated heterocycles. The summed E-state index contributed by atoms with van der Waals surface area (Å²) >= 11 is 0. The van der Waals surface area contributed by atoms with Gasteiger partial charge in [-0.1, -0.05) is 52.2 Å². The van der Waals surface area contributed by atoms with Gasteiger partial charge in [-0.05, 0) is 37.0 Å². The van der Waals surface area contributed by atoms with E-state index >= 15 is 0 Å². The van der Waals surface area contributed by atoms with Crippen LogP contribution < -0.4 is 4.74 Å². The van der Waals surface area contributed by atoms with Gasteiger partial charge in [0.2, 0.25) is 0 Å². The molecule has 0 fully saturated rings. The summed E-state index contributed by atoms with van der Waals surface area (Å²) in [6.07, 6.45) is 3.03. The van der Waals surface area contributed by atoms with Crippen molar-refractivity contribution in [3.63, 3.8) is 0 Å². The third-order valence-corrected chi connectivity index (χ3v) is 5.23. The van der Waals surface area contributed by atoms with Crippen molar-refractivity contribution >= 4 is 12.1 Å². The normalized spacial score (nSPS) is 11.9. The molecule has 7 nitrogen and oxygen atoms in total. The summed E-state index contributed by atoms with van der Waals surface area (Å²) in [7, 11) is 0. The second-order valence-electron chi connectivity index (χ2n) is 7.58. The average Bonchev–Trinajstić information content (AvgIpc) is 2.76. The van der Waals surface area contributed by atoms with Gasteiger partial charge in [0, 0.05) is 19.6 Å². The number of nitrogens with zero attached hydrogens (tertiary/aromatic N) is 1. The Labute approximate surface area is 186 Å². The number of hydrogen-bond donors (Lipinski definition) is 1. The lowest BCUT2D eigenvalue weighted by Gasteiger charge is -2.26. The number of aliphatic carboxylic acids is 1. The van der Waals surface area contributed by atoms with Crippen LogP contribution in [-0.4, -0.2) is 61.1 Å². The number of carbonyl (C=O) groups is 2. The molecule has 1 N–H and O–H groups in total. The first-order chi connectivity index (χ1) is 14.9. The lowest BCUT2D eigenvalue weighted by Crippen LogP contribution is -2.38. The van der Waals surface area contributed by atoms with Gasteiger partial charge in [0.05, 0.1) is 13.2 Å². The molecule has 0 aliphatic carbocycles. The maximum absolute atomic E-state index is 12.5. The second-order valence-corrected chi connectivity index (χ2v) is 7.58. The van der Waals surface area contributed by atoms with Gasteiger partial charge < -0.3 is 24.2 Å². The molecular weight excluding hydrogens is 398 g/mol. The monoisotopic (exact) mass is 437 g/mol. The van der Waals surface area contributed by atoms with E-state index in [1.165, 1.54) is 0 Å². The van der Waals surface area contributed by atoms with E-state index in [-0.39, 0.29) is 6.09 Å². The summed E-state index contributed by atoms with van der Waals surface area (Å²) in [4.78, 5) is 25.4. The van der Waals surface area contributed by atoms with Crippen molar-refractivity contribution < 1.29 is 28.9 Å². The molecule has 0 saturated carbocycles. The van der Waals surface area contributed by atoms with Gasteiger partial charge in [0.25, 0.3) is 0 Å². The summed E-state index contributed by atoms with van der Waals surface area (Å²) in [6, 6.07) is 7.30. The number of ether oxygens (including phenoxy) is 3. The number of carboxylic acids is 1. The second kappa shape index (κ2) is 15.5. The van der Waals surface area contributed by atoms with E-state index < -0.39 is 12.1 Å². The molecule has 0 aliphatic heterocycles. The predicted octanol–water partition coefficient (Wildman–Crippen LogP) is 4.77. The third-order valence-electron chi connectivity index (χ3n) is 5.23. The zero-order valence-electron chi connectivity index (χ0n) is 19.5. The van der Waals surface area contributed by atoms with Crippen LogP contribution in [0.3, 0.4) is 0 Å². The van der Waals surface area contributed by atoms with Crippen molar-refractivity contribution in [2.45, 2.75) is 65.9 Å². The molecule has 1 aromatic carbocycles. The summed E-state index contributed by atoms with van der Waals surface area (Å²) in [5.74, 6) is 0.143. The zero-order valence-corrected chi connectivity index (χ0v) is 19.5. The van der Waals surface area contributed by atoms with Crippen molar-refractivity contribution in [1.29, 1.82) is 0 Å². The molecule has 176 valence electrons. The lowest BCUT2D eigenvalue weighted by molar-refractivity contribution is -0.149. The summed E-state index contributed by atoms with van der Waals surface area (Å²) in [5, 5.41) is 9.21. The van der Waals surface area contributed by atoms with Crippen LogP contribution in [-0.2, 0) is 20.7 Å². The van der Waals surface area contributed by atoms with Gasteiger partial charge in [0.1, 0.15) is 12.4 Å². The minimum absolute atomic E-state index is 0.282. The summed E-state index contributed by atoms with van der Waals surface area (Å²) in [6.45, 7) is 10.4. The van der Waals surface area contributed by atoms with Gasteiger partial charge in [-0.2, -0.15) is 0 Å². The van der Waals surface area contributed by atoms with Crippen LogP contribution in [0.2, 0.25) is 0 Å². The van der Waals surface area contributed by atoms with Crippen LogP contribution in [0.15, 0.2) is 24.3 Å². The van der Waals surface area contributed by atoms with E-state index in [9.17, 15) is 14.7 Å². The van der Waals surface area contributed by atoms with Gasteiger partial charge >= 0.3 is 12.1 Å². The van der Waals surface area contributed by atoms with Crippen LogP contribution in [0.25, 0.3) is 0 Å². The van der Waals surface area contributed by atoms with Gasteiger partial charge in [-0.3, -0.25) is 0 Å². The Morgan fingerprint density at radius 1 is 1.03 bits per heavy atom. The van der Waals surface area contributed by atoms with E-state index in [0.29, 0.717) is 51.0 Å². The van der Waals surface area contributed by atoms with Gasteiger partial charge in [0.15, 0.2) is 6.10 Å². The lowest BCUT2D eigenvalue weighted by atomic mass is 10.0. The van der Waals surface area contributed by atoms with E-state index in [1.54, 1.807) is 11.8 Å². The number of carbonyl (C=O) groups excluding carboxylic acids is 1. The molecule has 1 atom stereocenters. The third kappa shape index (κ3) is 10.5. The fourth-order valence-corrected chi connectivity index (χ4v) is 3.14. The maximum atomic E-state index is 12.5. The first kappa shape index (κ1) is 26.8.